The molecule has 3 aromatic rings. The summed E-state index contributed by atoms with van der Waals surface area (Å²) in [6.45, 7) is 5.21. The SMILES string of the molecule is C[C@@H]1CN([C@@H](C)CO)C(=O)c2cccc(NS(=O)(=O)c3cn(C)cn3)c2O[C@H]1CN(C)Cc1ccccc1. The predicted molar refractivity (Wildman–Crippen MR) is 144 cm³/mol. The molecule has 0 saturated heterocycles. The third-order valence-corrected chi connectivity index (χ3v) is 7.93. The molecule has 0 aliphatic carbocycles. The summed E-state index contributed by atoms with van der Waals surface area (Å²) in [6.07, 6.45) is 2.43. The fourth-order valence-corrected chi connectivity index (χ4v) is 5.58. The average Bonchev–Trinajstić information content (AvgIpc) is 3.34. The summed E-state index contributed by atoms with van der Waals surface area (Å²) in [4.78, 5) is 21.4. The monoisotopic (exact) mass is 541 g/mol. The highest BCUT2D eigenvalue weighted by atomic mass is 32.2. The van der Waals surface area contributed by atoms with Crippen LogP contribution in [0.1, 0.15) is 29.8 Å². The number of fused-ring (bicyclic) bond motifs is 1. The molecule has 1 aliphatic heterocycles. The number of anilines is 1. The van der Waals surface area contributed by atoms with E-state index in [4.69, 9.17) is 4.74 Å². The average molecular weight is 542 g/mol. The van der Waals surface area contributed by atoms with Crippen molar-refractivity contribution in [2.75, 3.05) is 31.5 Å². The van der Waals surface area contributed by atoms with Crippen LogP contribution in [-0.2, 0) is 23.6 Å². The first-order valence-corrected chi connectivity index (χ1v) is 14.0. The lowest BCUT2D eigenvalue weighted by molar-refractivity contribution is 0.0344. The number of aliphatic hydroxyl groups is 1. The summed E-state index contributed by atoms with van der Waals surface area (Å²) in [6, 6.07) is 14.5. The first-order valence-electron chi connectivity index (χ1n) is 12.5. The topological polar surface area (TPSA) is 117 Å². The number of ether oxygens (including phenoxy) is 1. The molecular formula is C27H35N5O5S. The fourth-order valence-electron chi connectivity index (χ4n) is 4.53. The van der Waals surface area contributed by atoms with Gasteiger partial charge < -0.3 is 19.3 Å². The number of rotatable bonds is 9. The lowest BCUT2D eigenvalue weighted by Crippen LogP contribution is -2.49. The number of nitrogens with zero attached hydrogens (tertiary/aromatic N) is 4. The lowest BCUT2D eigenvalue weighted by atomic mass is 9.99. The zero-order valence-corrected chi connectivity index (χ0v) is 22.9. The van der Waals surface area contributed by atoms with Crippen LogP contribution in [0.4, 0.5) is 5.69 Å². The van der Waals surface area contributed by atoms with Gasteiger partial charge in [-0.05, 0) is 31.7 Å². The number of aryl methyl sites for hydroxylation is 1. The minimum atomic E-state index is -4.03. The molecule has 3 atom stereocenters. The van der Waals surface area contributed by atoms with Crippen molar-refractivity contribution >= 4 is 21.6 Å². The zero-order chi connectivity index (χ0) is 27.4. The molecule has 1 aliphatic rings. The molecule has 10 nitrogen and oxygen atoms in total. The Morgan fingerprint density at radius 3 is 2.61 bits per heavy atom. The number of hydrogen-bond acceptors (Lipinski definition) is 7. The van der Waals surface area contributed by atoms with E-state index >= 15 is 0 Å². The van der Waals surface area contributed by atoms with Crippen LogP contribution in [0.3, 0.4) is 0 Å². The summed E-state index contributed by atoms with van der Waals surface area (Å²) in [7, 11) is -0.352. The van der Waals surface area contributed by atoms with Gasteiger partial charge in [0.1, 0.15) is 6.10 Å². The van der Waals surface area contributed by atoms with E-state index in [0.717, 1.165) is 5.56 Å². The molecular weight excluding hydrogens is 506 g/mol. The molecule has 0 unspecified atom stereocenters. The van der Waals surface area contributed by atoms with Crippen molar-refractivity contribution in [3.8, 4) is 5.75 Å². The van der Waals surface area contributed by atoms with Gasteiger partial charge in [0.25, 0.3) is 15.9 Å². The summed E-state index contributed by atoms with van der Waals surface area (Å²) in [5.41, 5.74) is 1.54. The zero-order valence-electron chi connectivity index (χ0n) is 22.1. The Morgan fingerprint density at radius 1 is 1.21 bits per heavy atom. The summed E-state index contributed by atoms with van der Waals surface area (Å²) in [5.74, 6) is -0.278. The number of carbonyl (C=O) groups is 1. The lowest BCUT2D eigenvalue weighted by Gasteiger charge is -2.38. The first kappa shape index (κ1) is 27.6. The number of hydrogen-bond donors (Lipinski definition) is 2. The van der Waals surface area contributed by atoms with Crippen LogP contribution in [0.15, 0.2) is 66.1 Å². The second-order valence-electron chi connectivity index (χ2n) is 9.97. The number of amides is 1. The fraction of sp³-hybridized carbons (Fsp3) is 0.407. The van der Waals surface area contributed by atoms with E-state index in [0.29, 0.717) is 19.6 Å². The highest BCUT2D eigenvalue weighted by molar-refractivity contribution is 7.92. The number of sulfonamides is 1. The standard InChI is InChI=1S/C27H35N5O5S/c1-19-13-32(20(2)17-33)27(34)22-11-8-12-23(29-38(35,36)25-16-31(4)18-28-25)26(22)37-24(19)15-30(3)14-21-9-6-5-7-10-21/h5-12,16,18-20,24,29,33H,13-15,17H2,1-4H3/t19-,20+,24+/m1/s1. The Bertz CT molecular complexity index is 1360. The molecule has 4 rings (SSSR count). The Hall–Kier alpha value is -3.41. The van der Waals surface area contributed by atoms with E-state index in [-0.39, 0.29) is 46.6 Å². The molecule has 0 saturated carbocycles. The first-order chi connectivity index (χ1) is 18.1. The largest absolute Gasteiger partial charge is 0.486 e. The minimum Gasteiger partial charge on any atom is -0.486 e. The molecule has 2 aromatic carbocycles. The van der Waals surface area contributed by atoms with Crippen molar-refractivity contribution in [2.45, 2.75) is 37.6 Å². The second-order valence-corrected chi connectivity index (χ2v) is 11.6. The summed E-state index contributed by atoms with van der Waals surface area (Å²) in [5, 5.41) is 9.74. The Balaban J connectivity index is 1.71. The maximum atomic E-state index is 13.6. The smallest absolute Gasteiger partial charge is 0.281 e. The van der Waals surface area contributed by atoms with Crippen molar-refractivity contribution in [3.05, 3.63) is 72.2 Å². The number of likely N-dealkylation sites (N-methyl/N-ethyl adjacent to an activating group) is 1. The van der Waals surface area contributed by atoms with Crippen LogP contribution in [-0.4, -0.2) is 77.7 Å². The quantitative estimate of drug-likeness (QED) is 0.428. The molecule has 0 fully saturated rings. The number of carbonyl (C=O) groups excluding carboxylic acids is 1. The van der Waals surface area contributed by atoms with Crippen molar-refractivity contribution in [1.29, 1.82) is 0 Å². The van der Waals surface area contributed by atoms with Gasteiger partial charge in [0, 0.05) is 38.8 Å². The molecule has 11 heteroatoms. The van der Waals surface area contributed by atoms with E-state index < -0.39 is 16.1 Å². The predicted octanol–water partition coefficient (Wildman–Crippen LogP) is 2.57. The minimum absolute atomic E-state index is 0.111. The Labute approximate surface area is 223 Å². The van der Waals surface area contributed by atoms with Gasteiger partial charge in [-0.3, -0.25) is 14.4 Å². The summed E-state index contributed by atoms with van der Waals surface area (Å²) >= 11 is 0. The normalized spacial score (nSPS) is 18.9. The van der Waals surface area contributed by atoms with Crippen molar-refractivity contribution in [2.24, 2.45) is 13.0 Å². The summed E-state index contributed by atoms with van der Waals surface area (Å²) < 4.78 is 36.8. The molecule has 0 bridgehead atoms. The molecule has 0 radical (unpaired) electrons. The Morgan fingerprint density at radius 2 is 1.95 bits per heavy atom. The molecule has 2 heterocycles. The van der Waals surface area contributed by atoms with E-state index in [1.54, 1.807) is 41.6 Å². The number of aromatic nitrogens is 2. The van der Waals surface area contributed by atoms with Gasteiger partial charge in [-0.15, -0.1) is 0 Å². The molecule has 1 amide bonds. The molecule has 2 N–H and O–H groups in total. The maximum absolute atomic E-state index is 13.6. The molecule has 0 spiro atoms. The van der Waals surface area contributed by atoms with Crippen LogP contribution < -0.4 is 9.46 Å². The number of benzene rings is 2. The van der Waals surface area contributed by atoms with Crippen LogP contribution in [0.2, 0.25) is 0 Å². The molecule has 204 valence electrons. The molecule has 38 heavy (non-hydrogen) atoms. The van der Waals surface area contributed by atoms with Crippen LogP contribution >= 0.6 is 0 Å². The number of imidazole rings is 1. The van der Waals surface area contributed by atoms with Crippen LogP contribution in [0.5, 0.6) is 5.75 Å². The van der Waals surface area contributed by atoms with Crippen molar-refractivity contribution in [3.63, 3.8) is 0 Å². The number of aliphatic hydroxyl groups excluding tert-OH is 1. The van der Waals surface area contributed by atoms with Gasteiger partial charge in [0.2, 0.25) is 0 Å². The van der Waals surface area contributed by atoms with Gasteiger partial charge in [-0.2, -0.15) is 8.42 Å². The van der Waals surface area contributed by atoms with Gasteiger partial charge in [-0.1, -0.05) is 43.3 Å². The van der Waals surface area contributed by atoms with Gasteiger partial charge >= 0.3 is 0 Å². The number of nitrogens with one attached hydrogen (secondary N) is 1. The van der Waals surface area contributed by atoms with Crippen LogP contribution in [0.25, 0.3) is 0 Å². The highest BCUT2D eigenvalue weighted by Crippen LogP contribution is 2.36. The maximum Gasteiger partial charge on any atom is 0.281 e. The van der Waals surface area contributed by atoms with Gasteiger partial charge in [0.15, 0.2) is 10.8 Å². The highest BCUT2D eigenvalue weighted by Gasteiger charge is 2.35. The van der Waals surface area contributed by atoms with Gasteiger partial charge in [-0.25, -0.2) is 4.98 Å². The van der Waals surface area contributed by atoms with Crippen molar-refractivity contribution in [1.82, 2.24) is 19.4 Å². The second kappa shape index (κ2) is 11.5. The number of para-hydroxylation sites is 1. The molecule has 1 aromatic heterocycles. The van der Waals surface area contributed by atoms with Crippen LogP contribution in [0, 0.1) is 5.92 Å². The van der Waals surface area contributed by atoms with E-state index in [1.807, 2.05) is 32.2 Å². The third-order valence-electron chi connectivity index (χ3n) is 6.68. The van der Waals surface area contributed by atoms with Crippen molar-refractivity contribution < 1.29 is 23.1 Å². The van der Waals surface area contributed by atoms with E-state index in [2.05, 4.69) is 26.7 Å². The Kier molecular flexibility index (Phi) is 8.39. The van der Waals surface area contributed by atoms with E-state index in [9.17, 15) is 18.3 Å². The van der Waals surface area contributed by atoms with Gasteiger partial charge in [0.05, 0.1) is 30.2 Å². The third kappa shape index (κ3) is 6.17. The van der Waals surface area contributed by atoms with E-state index in [1.165, 1.54) is 12.5 Å².